The van der Waals surface area contributed by atoms with Gasteiger partial charge in [-0.3, -0.25) is 0 Å². The van der Waals surface area contributed by atoms with Crippen molar-refractivity contribution < 1.29 is 14.2 Å². The Kier molecular flexibility index (Phi) is 10.3. The lowest BCUT2D eigenvalue weighted by Crippen LogP contribution is -2.46. The molecular weight excluding hydrogens is 194 g/mol. The second kappa shape index (κ2) is 10.4. The quantitative estimate of drug-likeness (QED) is 0.564. The van der Waals surface area contributed by atoms with E-state index in [4.69, 9.17) is 14.2 Å². The number of nitrogens with one attached hydrogen (secondary N) is 1. The van der Waals surface area contributed by atoms with Crippen molar-refractivity contribution in [3.63, 3.8) is 0 Å². The zero-order valence-electron chi connectivity index (χ0n) is 10.4. The van der Waals surface area contributed by atoms with Crippen molar-refractivity contribution in [1.82, 2.24) is 5.32 Å². The molecule has 1 N–H and O–H groups in total. The van der Waals surface area contributed by atoms with Gasteiger partial charge in [0.25, 0.3) is 0 Å². The maximum Gasteiger partial charge on any atom is 0.174 e. The topological polar surface area (TPSA) is 39.7 Å². The number of rotatable bonds is 10. The van der Waals surface area contributed by atoms with E-state index >= 15 is 0 Å². The standard InChI is InChI=1S/C11H25NO3/c1-5-12-10(9-13-6-2)11(14-7-3)15-8-4/h10-12H,5-9H2,1-4H3. The zero-order chi connectivity index (χ0) is 11.5. The lowest BCUT2D eigenvalue weighted by molar-refractivity contribution is -0.162. The van der Waals surface area contributed by atoms with Crippen LogP contribution in [0.1, 0.15) is 27.7 Å². The monoisotopic (exact) mass is 219 g/mol. The first kappa shape index (κ1) is 14.8. The molecule has 0 amide bonds. The second-order valence-electron chi connectivity index (χ2n) is 3.10. The third-order valence-corrected chi connectivity index (χ3v) is 1.96. The van der Waals surface area contributed by atoms with Gasteiger partial charge < -0.3 is 19.5 Å². The summed E-state index contributed by atoms with van der Waals surface area (Å²) in [6.45, 7) is 11.5. The van der Waals surface area contributed by atoms with Crippen LogP contribution in [0.3, 0.4) is 0 Å². The number of ether oxygens (including phenoxy) is 3. The van der Waals surface area contributed by atoms with Gasteiger partial charge in [-0.2, -0.15) is 0 Å². The summed E-state index contributed by atoms with van der Waals surface area (Å²) in [4.78, 5) is 0. The maximum atomic E-state index is 5.53. The maximum absolute atomic E-state index is 5.53. The SMILES string of the molecule is CCNC(COCC)C(OCC)OCC. The molecule has 4 heteroatoms. The van der Waals surface area contributed by atoms with Crippen molar-refractivity contribution in [3.8, 4) is 0 Å². The van der Waals surface area contributed by atoms with E-state index in [9.17, 15) is 0 Å². The van der Waals surface area contributed by atoms with E-state index in [1.165, 1.54) is 0 Å². The van der Waals surface area contributed by atoms with Crippen LogP contribution in [0, 0.1) is 0 Å². The molecule has 0 aliphatic carbocycles. The van der Waals surface area contributed by atoms with Gasteiger partial charge in [0.05, 0.1) is 12.6 Å². The molecule has 0 aliphatic heterocycles. The molecule has 0 bridgehead atoms. The molecular formula is C11H25NO3. The molecule has 4 nitrogen and oxygen atoms in total. The van der Waals surface area contributed by atoms with Crippen molar-refractivity contribution in [2.24, 2.45) is 0 Å². The predicted molar refractivity (Wildman–Crippen MR) is 61.0 cm³/mol. The Morgan fingerprint density at radius 3 is 1.93 bits per heavy atom. The van der Waals surface area contributed by atoms with E-state index in [0.717, 1.165) is 6.54 Å². The van der Waals surface area contributed by atoms with Crippen molar-refractivity contribution >= 4 is 0 Å². The summed E-state index contributed by atoms with van der Waals surface area (Å²) in [7, 11) is 0. The molecule has 0 saturated carbocycles. The third kappa shape index (κ3) is 6.84. The molecule has 0 aromatic heterocycles. The van der Waals surface area contributed by atoms with Crippen LogP contribution in [-0.2, 0) is 14.2 Å². The summed E-state index contributed by atoms with van der Waals surface area (Å²) in [6.07, 6.45) is -0.216. The first-order chi connectivity index (χ1) is 7.29. The number of likely N-dealkylation sites (N-methyl/N-ethyl adjacent to an activating group) is 1. The van der Waals surface area contributed by atoms with Crippen molar-refractivity contribution in [3.05, 3.63) is 0 Å². The van der Waals surface area contributed by atoms with Crippen LogP contribution in [0.5, 0.6) is 0 Å². The molecule has 0 aromatic rings. The fourth-order valence-electron chi connectivity index (χ4n) is 1.35. The van der Waals surface area contributed by atoms with Gasteiger partial charge in [-0.15, -0.1) is 0 Å². The summed E-state index contributed by atoms with van der Waals surface area (Å²) in [6, 6.07) is 0.106. The van der Waals surface area contributed by atoms with E-state index in [1.54, 1.807) is 0 Å². The van der Waals surface area contributed by atoms with Crippen LogP contribution in [0.15, 0.2) is 0 Å². The number of hydrogen-bond donors (Lipinski definition) is 1. The Labute approximate surface area is 93.3 Å². The van der Waals surface area contributed by atoms with Gasteiger partial charge in [0.15, 0.2) is 6.29 Å². The zero-order valence-corrected chi connectivity index (χ0v) is 10.4. The van der Waals surface area contributed by atoms with Crippen molar-refractivity contribution in [2.45, 2.75) is 40.0 Å². The van der Waals surface area contributed by atoms with Crippen LogP contribution >= 0.6 is 0 Å². The molecule has 0 heterocycles. The van der Waals surface area contributed by atoms with Gasteiger partial charge in [-0.25, -0.2) is 0 Å². The largest absolute Gasteiger partial charge is 0.380 e. The summed E-state index contributed by atoms with van der Waals surface area (Å²) in [5.74, 6) is 0. The smallest absolute Gasteiger partial charge is 0.174 e. The summed E-state index contributed by atoms with van der Waals surface area (Å²) in [5.41, 5.74) is 0. The molecule has 0 rings (SSSR count). The Bertz CT molecular complexity index is 127. The lowest BCUT2D eigenvalue weighted by Gasteiger charge is -2.27. The van der Waals surface area contributed by atoms with E-state index in [1.807, 2.05) is 20.8 Å². The third-order valence-electron chi connectivity index (χ3n) is 1.96. The highest BCUT2D eigenvalue weighted by Gasteiger charge is 2.21. The van der Waals surface area contributed by atoms with E-state index in [-0.39, 0.29) is 12.3 Å². The minimum Gasteiger partial charge on any atom is -0.380 e. The molecule has 0 saturated heterocycles. The van der Waals surface area contributed by atoms with Gasteiger partial charge in [-0.1, -0.05) is 6.92 Å². The Morgan fingerprint density at radius 2 is 1.53 bits per heavy atom. The average Bonchev–Trinajstić information content (AvgIpc) is 2.24. The van der Waals surface area contributed by atoms with Crippen molar-refractivity contribution in [1.29, 1.82) is 0 Å². The molecule has 0 spiro atoms. The molecule has 0 aromatic carbocycles. The van der Waals surface area contributed by atoms with E-state index < -0.39 is 0 Å². The van der Waals surface area contributed by atoms with Gasteiger partial charge in [-0.05, 0) is 27.3 Å². The lowest BCUT2D eigenvalue weighted by atomic mass is 10.3. The van der Waals surface area contributed by atoms with Crippen LogP contribution in [0.4, 0.5) is 0 Å². The Balaban J connectivity index is 4.09. The normalized spacial score (nSPS) is 13.4. The van der Waals surface area contributed by atoms with Gasteiger partial charge in [0.1, 0.15) is 0 Å². The Morgan fingerprint density at radius 1 is 0.933 bits per heavy atom. The summed E-state index contributed by atoms with van der Waals surface area (Å²) < 4.78 is 16.5. The van der Waals surface area contributed by atoms with Crippen molar-refractivity contribution in [2.75, 3.05) is 33.0 Å². The van der Waals surface area contributed by atoms with E-state index in [0.29, 0.717) is 26.4 Å². The molecule has 15 heavy (non-hydrogen) atoms. The first-order valence-electron chi connectivity index (χ1n) is 5.84. The van der Waals surface area contributed by atoms with Gasteiger partial charge in [0, 0.05) is 19.8 Å². The highest BCUT2D eigenvalue weighted by Crippen LogP contribution is 2.03. The summed E-state index contributed by atoms with van der Waals surface area (Å²) in [5, 5.41) is 3.31. The van der Waals surface area contributed by atoms with Crippen LogP contribution in [0.2, 0.25) is 0 Å². The summed E-state index contributed by atoms with van der Waals surface area (Å²) >= 11 is 0. The molecule has 0 fully saturated rings. The van der Waals surface area contributed by atoms with Crippen LogP contribution in [0.25, 0.3) is 0 Å². The van der Waals surface area contributed by atoms with E-state index in [2.05, 4.69) is 12.2 Å². The molecule has 0 radical (unpaired) electrons. The highest BCUT2D eigenvalue weighted by molar-refractivity contribution is 4.69. The fraction of sp³-hybridized carbons (Fsp3) is 1.00. The predicted octanol–water partition coefficient (Wildman–Crippen LogP) is 1.40. The Hall–Kier alpha value is -0.160. The van der Waals surface area contributed by atoms with Gasteiger partial charge in [0.2, 0.25) is 0 Å². The van der Waals surface area contributed by atoms with Gasteiger partial charge >= 0.3 is 0 Å². The molecule has 1 atom stereocenters. The fourth-order valence-corrected chi connectivity index (χ4v) is 1.35. The second-order valence-corrected chi connectivity index (χ2v) is 3.10. The van der Waals surface area contributed by atoms with Crippen LogP contribution < -0.4 is 5.32 Å². The minimum atomic E-state index is -0.216. The number of hydrogen-bond acceptors (Lipinski definition) is 4. The highest BCUT2D eigenvalue weighted by atomic mass is 16.7. The first-order valence-corrected chi connectivity index (χ1v) is 5.84. The van der Waals surface area contributed by atoms with Crippen LogP contribution in [-0.4, -0.2) is 45.3 Å². The molecule has 1 unspecified atom stereocenters. The molecule has 0 aliphatic rings. The minimum absolute atomic E-state index is 0.106. The molecule has 92 valence electrons. The average molecular weight is 219 g/mol.